The number of carboxylic acid groups (broad SMARTS) is 1. The van der Waals surface area contributed by atoms with Gasteiger partial charge in [0.2, 0.25) is 0 Å². The van der Waals surface area contributed by atoms with Crippen molar-refractivity contribution in [1.29, 1.82) is 0 Å². The molecule has 3 rings (SSSR count). The summed E-state index contributed by atoms with van der Waals surface area (Å²) in [6, 6.07) is 7.90. The predicted octanol–water partition coefficient (Wildman–Crippen LogP) is 3.01. The maximum absolute atomic E-state index is 11.5. The summed E-state index contributed by atoms with van der Waals surface area (Å²) in [7, 11) is 0. The van der Waals surface area contributed by atoms with Crippen LogP contribution in [-0.4, -0.2) is 23.5 Å². The van der Waals surface area contributed by atoms with Gasteiger partial charge in [-0.25, -0.2) is 0 Å². The number of carboxylic acids is 1. The third-order valence-corrected chi connectivity index (χ3v) is 4.54. The number of aliphatic carboxylic acids is 1. The van der Waals surface area contributed by atoms with Gasteiger partial charge in [0.05, 0.1) is 12.5 Å². The van der Waals surface area contributed by atoms with Crippen molar-refractivity contribution in [2.45, 2.75) is 38.0 Å². The van der Waals surface area contributed by atoms with Crippen molar-refractivity contribution < 1.29 is 19.4 Å². The first-order valence-corrected chi connectivity index (χ1v) is 7.61. The van der Waals surface area contributed by atoms with E-state index in [4.69, 9.17) is 9.84 Å². The van der Waals surface area contributed by atoms with E-state index in [1.165, 1.54) is 5.56 Å². The third-order valence-electron chi connectivity index (χ3n) is 4.54. The summed E-state index contributed by atoms with van der Waals surface area (Å²) in [5.74, 6) is 0.689. The fraction of sp³-hybridized carbons (Fsp3) is 0.529. The zero-order valence-corrected chi connectivity index (χ0v) is 12.0. The zero-order chi connectivity index (χ0) is 14.8. The van der Waals surface area contributed by atoms with E-state index < -0.39 is 5.97 Å². The average Bonchev–Trinajstić information content (AvgIpc) is 3.25. The van der Waals surface area contributed by atoms with Gasteiger partial charge >= 0.3 is 5.97 Å². The lowest BCUT2D eigenvalue weighted by Gasteiger charge is -2.21. The van der Waals surface area contributed by atoms with Gasteiger partial charge in [-0.3, -0.25) is 9.59 Å². The second-order valence-electron chi connectivity index (χ2n) is 6.15. The summed E-state index contributed by atoms with van der Waals surface area (Å²) >= 11 is 0. The average molecular weight is 288 g/mol. The Hall–Kier alpha value is -1.84. The van der Waals surface area contributed by atoms with Crippen LogP contribution < -0.4 is 4.74 Å². The molecule has 3 atom stereocenters. The van der Waals surface area contributed by atoms with Gasteiger partial charge in [-0.15, -0.1) is 0 Å². The Bertz CT molecular complexity index is 534. The van der Waals surface area contributed by atoms with Crippen LogP contribution in [0, 0.1) is 11.8 Å². The first kappa shape index (κ1) is 14.1. The van der Waals surface area contributed by atoms with Crippen LogP contribution in [-0.2, 0) is 9.59 Å². The first-order valence-electron chi connectivity index (χ1n) is 7.61. The highest BCUT2D eigenvalue weighted by Crippen LogP contribution is 2.39. The molecule has 1 aromatic carbocycles. The molecule has 0 radical (unpaired) electrons. The molecule has 0 heterocycles. The number of hydrogen-bond donors (Lipinski definition) is 1. The highest BCUT2D eigenvalue weighted by Gasteiger charge is 2.43. The largest absolute Gasteiger partial charge is 0.493 e. The van der Waals surface area contributed by atoms with E-state index in [1.807, 2.05) is 24.3 Å². The maximum atomic E-state index is 11.5. The molecule has 2 aliphatic rings. The van der Waals surface area contributed by atoms with Crippen LogP contribution >= 0.6 is 0 Å². The number of carbonyl (C=O) groups excluding carboxylic acids is 1. The standard InChI is InChI=1S/C17H20O4/c18-14-3-1-2-12(8-14)11-4-6-15(7-5-11)21-10-13-9-16(13)17(19)20/h4-7,12-13,16H,1-3,8-10H2,(H,19,20). The number of ketones is 1. The van der Waals surface area contributed by atoms with Gasteiger partial charge in [0.25, 0.3) is 0 Å². The smallest absolute Gasteiger partial charge is 0.306 e. The van der Waals surface area contributed by atoms with Crippen molar-refractivity contribution in [3.05, 3.63) is 29.8 Å². The fourth-order valence-electron chi connectivity index (χ4n) is 3.08. The SMILES string of the molecule is O=C1CCCC(c2ccc(OCC3CC3C(=O)O)cc2)C1. The zero-order valence-electron chi connectivity index (χ0n) is 12.0. The van der Waals surface area contributed by atoms with E-state index in [0.717, 1.165) is 31.4 Å². The van der Waals surface area contributed by atoms with E-state index >= 15 is 0 Å². The number of benzene rings is 1. The van der Waals surface area contributed by atoms with Gasteiger partial charge in [0.1, 0.15) is 11.5 Å². The number of carbonyl (C=O) groups is 2. The van der Waals surface area contributed by atoms with Gasteiger partial charge in [-0.05, 0) is 42.9 Å². The molecule has 3 unspecified atom stereocenters. The molecule has 2 aliphatic carbocycles. The molecule has 0 aromatic heterocycles. The molecule has 1 N–H and O–H groups in total. The van der Waals surface area contributed by atoms with Crippen LogP contribution in [0.3, 0.4) is 0 Å². The summed E-state index contributed by atoms with van der Waals surface area (Å²) in [4.78, 5) is 22.3. The van der Waals surface area contributed by atoms with E-state index in [9.17, 15) is 9.59 Å². The second kappa shape index (κ2) is 5.88. The minimum absolute atomic E-state index is 0.151. The summed E-state index contributed by atoms with van der Waals surface area (Å²) in [6.45, 7) is 0.470. The van der Waals surface area contributed by atoms with Crippen molar-refractivity contribution in [2.75, 3.05) is 6.61 Å². The van der Waals surface area contributed by atoms with E-state index in [-0.39, 0.29) is 11.8 Å². The Kier molecular flexibility index (Phi) is 3.95. The van der Waals surface area contributed by atoms with Gasteiger partial charge in [-0.2, -0.15) is 0 Å². The number of Topliss-reactive ketones (excluding diaryl/α,β-unsaturated/α-hetero) is 1. The Morgan fingerprint density at radius 2 is 2.05 bits per heavy atom. The minimum atomic E-state index is -0.721. The molecule has 0 bridgehead atoms. The van der Waals surface area contributed by atoms with E-state index in [1.54, 1.807) is 0 Å². The molecule has 112 valence electrons. The van der Waals surface area contributed by atoms with E-state index in [0.29, 0.717) is 24.7 Å². The van der Waals surface area contributed by atoms with Crippen LogP contribution in [0.4, 0.5) is 0 Å². The number of ether oxygens (including phenoxy) is 1. The van der Waals surface area contributed by atoms with Crippen LogP contribution in [0.2, 0.25) is 0 Å². The van der Waals surface area contributed by atoms with E-state index in [2.05, 4.69) is 0 Å². The van der Waals surface area contributed by atoms with Crippen LogP contribution in [0.1, 0.15) is 43.6 Å². The molecular formula is C17H20O4. The lowest BCUT2D eigenvalue weighted by molar-refractivity contribution is -0.139. The summed E-state index contributed by atoms with van der Waals surface area (Å²) in [5.41, 5.74) is 1.20. The molecule has 4 heteroatoms. The van der Waals surface area contributed by atoms with Gasteiger partial charge in [0, 0.05) is 18.8 Å². The highest BCUT2D eigenvalue weighted by atomic mass is 16.5. The summed E-state index contributed by atoms with van der Waals surface area (Å²) < 4.78 is 5.64. The fourth-order valence-corrected chi connectivity index (χ4v) is 3.08. The monoisotopic (exact) mass is 288 g/mol. The van der Waals surface area contributed by atoms with Crippen molar-refractivity contribution >= 4 is 11.8 Å². The van der Waals surface area contributed by atoms with Crippen molar-refractivity contribution in [3.8, 4) is 5.75 Å². The molecule has 0 amide bonds. The molecule has 0 saturated heterocycles. The molecule has 0 spiro atoms. The van der Waals surface area contributed by atoms with Gasteiger partial charge in [-0.1, -0.05) is 12.1 Å². The minimum Gasteiger partial charge on any atom is -0.493 e. The number of hydrogen-bond acceptors (Lipinski definition) is 3. The molecule has 4 nitrogen and oxygen atoms in total. The summed E-state index contributed by atoms with van der Waals surface area (Å²) in [5, 5.41) is 8.84. The van der Waals surface area contributed by atoms with Gasteiger partial charge in [0.15, 0.2) is 0 Å². The quantitative estimate of drug-likeness (QED) is 0.904. The Morgan fingerprint density at radius 1 is 1.29 bits per heavy atom. The Labute approximate surface area is 124 Å². The van der Waals surface area contributed by atoms with Crippen LogP contribution in [0.5, 0.6) is 5.75 Å². The lowest BCUT2D eigenvalue weighted by Crippen LogP contribution is -2.13. The summed E-state index contributed by atoms with van der Waals surface area (Å²) in [6.07, 6.45) is 4.16. The highest BCUT2D eigenvalue weighted by molar-refractivity contribution is 5.80. The topological polar surface area (TPSA) is 63.6 Å². The Morgan fingerprint density at radius 3 is 2.67 bits per heavy atom. The molecule has 21 heavy (non-hydrogen) atoms. The first-order chi connectivity index (χ1) is 10.1. The lowest BCUT2D eigenvalue weighted by atomic mass is 9.83. The number of rotatable bonds is 5. The molecule has 0 aliphatic heterocycles. The maximum Gasteiger partial charge on any atom is 0.306 e. The predicted molar refractivity (Wildman–Crippen MR) is 77.4 cm³/mol. The molecule has 2 saturated carbocycles. The molecule has 1 aromatic rings. The molecular weight excluding hydrogens is 268 g/mol. The second-order valence-corrected chi connectivity index (χ2v) is 6.15. The molecule has 2 fully saturated rings. The van der Waals surface area contributed by atoms with Gasteiger partial charge < -0.3 is 9.84 Å². The van der Waals surface area contributed by atoms with Crippen molar-refractivity contribution in [1.82, 2.24) is 0 Å². The van der Waals surface area contributed by atoms with Crippen LogP contribution in [0.25, 0.3) is 0 Å². The van der Waals surface area contributed by atoms with Crippen molar-refractivity contribution in [2.24, 2.45) is 11.8 Å². The van der Waals surface area contributed by atoms with Crippen LogP contribution in [0.15, 0.2) is 24.3 Å². The Balaban J connectivity index is 1.52. The third kappa shape index (κ3) is 3.43. The normalized spacial score (nSPS) is 28.2. The van der Waals surface area contributed by atoms with Crippen molar-refractivity contribution in [3.63, 3.8) is 0 Å².